The van der Waals surface area contributed by atoms with E-state index in [9.17, 15) is 0 Å². The van der Waals surface area contributed by atoms with E-state index in [1.807, 2.05) is 12.1 Å². The molecule has 0 unspecified atom stereocenters. The minimum atomic E-state index is 0.628. The van der Waals surface area contributed by atoms with Gasteiger partial charge in [0, 0.05) is 16.9 Å². The molecule has 1 aromatic heterocycles. The molecule has 629 valence electrons. The van der Waals surface area contributed by atoms with Gasteiger partial charge in [-0.25, -0.2) is 0 Å². The first-order valence-corrected chi connectivity index (χ1v) is 50.1. The van der Waals surface area contributed by atoms with Crippen LogP contribution >= 0.6 is 0 Å². The predicted octanol–water partition coefficient (Wildman–Crippen LogP) is 36.3. The molecule has 1 heterocycles. The van der Waals surface area contributed by atoms with Crippen LogP contribution in [-0.4, -0.2) is 15.0 Å². The standard InChI is InChI=1S/C105H184N5/c1-7-13-19-25-31-37-43-49-55-61-67-74-84-95-90-99(91-96(85-75-68-62-56-50-44-38-32-26-20-14-8-2)101(95)88-80-71-65-59-53-47-41-35-29-23-17-11-5)106-104-108-103(94-82-78-73-79-83-94)109-105(110-104)107-100-92-97(86-76-69-63-57-51-45-39-33-27-21-15-9-3)102(89-81-72-66-60-54-48-42-36-30-24-18-12-6)98(93-100)87-77-70-64-58-52-46-40-34-28-22-16-10-4/h78-79,82-83,90-93H,7-72,74-77,80-81,84-89H2,1-6H3,(H2,106,107,108,109,110). The molecule has 0 saturated heterocycles. The molecule has 0 saturated carbocycles. The molecule has 5 heteroatoms. The molecule has 0 amide bonds. The molecule has 4 rings (SSSR count). The van der Waals surface area contributed by atoms with Crippen LogP contribution in [0.1, 0.15) is 537 Å². The third-order valence-electron chi connectivity index (χ3n) is 24.8. The van der Waals surface area contributed by atoms with Gasteiger partial charge in [0.1, 0.15) is 0 Å². The molecule has 0 aliphatic heterocycles. The number of hydrogen-bond donors (Lipinski definition) is 2. The van der Waals surface area contributed by atoms with Crippen molar-refractivity contribution in [3.05, 3.63) is 88.0 Å². The van der Waals surface area contributed by atoms with Crippen LogP contribution < -0.4 is 10.6 Å². The average molecular weight is 1520 g/mol. The topological polar surface area (TPSA) is 62.7 Å². The lowest BCUT2D eigenvalue weighted by atomic mass is 9.89. The van der Waals surface area contributed by atoms with E-state index in [1.54, 1.807) is 33.4 Å². The highest BCUT2D eigenvalue weighted by atomic mass is 15.2. The van der Waals surface area contributed by atoms with Crippen LogP contribution in [0.4, 0.5) is 23.3 Å². The summed E-state index contributed by atoms with van der Waals surface area (Å²) in [5.41, 5.74) is 13.0. The molecule has 5 nitrogen and oxygen atoms in total. The molecule has 2 N–H and O–H groups in total. The Labute approximate surface area is 686 Å². The molecule has 3 aromatic carbocycles. The van der Waals surface area contributed by atoms with Gasteiger partial charge in [-0.05, 0) is 141 Å². The van der Waals surface area contributed by atoms with Crippen molar-refractivity contribution in [3.63, 3.8) is 0 Å². The zero-order valence-corrected chi connectivity index (χ0v) is 74.6. The zero-order valence-electron chi connectivity index (χ0n) is 74.6. The second-order valence-electron chi connectivity index (χ2n) is 35.2. The van der Waals surface area contributed by atoms with Crippen molar-refractivity contribution in [3.8, 4) is 11.4 Å². The molecule has 0 atom stereocenters. The zero-order chi connectivity index (χ0) is 78.0. The molecule has 0 fully saturated rings. The van der Waals surface area contributed by atoms with Crippen molar-refractivity contribution >= 4 is 23.3 Å². The van der Waals surface area contributed by atoms with Gasteiger partial charge in [0.2, 0.25) is 11.9 Å². The summed E-state index contributed by atoms with van der Waals surface area (Å²) in [7, 11) is 0. The minimum Gasteiger partial charge on any atom is -0.324 e. The van der Waals surface area contributed by atoms with Crippen molar-refractivity contribution in [2.24, 2.45) is 0 Å². The summed E-state index contributed by atoms with van der Waals surface area (Å²) in [5.74, 6) is 1.96. The van der Waals surface area contributed by atoms with Gasteiger partial charge < -0.3 is 10.6 Å². The molecule has 1 radical (unpaired) electrons. The van der Waals surface area contributed by atoms with Gasteiger partial charge in [-0.3, -0.25) is 0 Å². The Morgan fingerprint density at radius 2 is 0.382 bits per heavy atom. The Hall–Kier alpha value is -3.73. The summed E-state index contributed by atoms with van der Waals surface area (Å²) in [6.45, 7) is 14.0. The van der Waals surface area contributed by atoms with Crippen LogP contribution in [0.3, 0.4) is 0 Å². The summed E-state index contributed by atoms with van der Waals surface area (Å²) in [5, 5.41) is 7.93. The van der Waals surface area contributed by atoms with E-state index in [1.165, 1.54) is 475 Å². The van der Waals surface area contributed by atoms with E-state index >= 15 is 0 Å². The van der Waals surface area contributed by atoms with Crippen molar-refractivity contribution in [2.75, 3.05) is 10.6 Å². The molecule has 0 bridgehead atoms. The number of nitrogens with one attached hydrogen (secondary N) is 2. The van der Waals surface area contributed by atoms with E-state index in [0.29, 0.717) is 17.7 Å². The third kappa shape index (κ3) is 53.4. The lowest BCUT2D eigenvalue weighted by Gasteiger charge is -2.20. The SMILES string of the molecule is CCCCCCCCCCCCCCc1cc(Nc2nc(Nc3cc(CCCCCCCCCCCCCC)c(CCCCCCCCCCCCCC)c(CCCCCCCCCCCCCC)c3)nc(-c3cc[c]cc3)n2)cc(CCCCCCCCCCCCCC)c1CCCCCCCCCCCCCC. The Bertz CT molecular complexity index is 2370. The maximum absolute atomic E-state index is 5.43. The number of benzene rings is 3. The van der Waals surface area contributed by atoms with Gasteiger partial charge in [0.05, 0.1) is 0 Å². The first-order chi connectivity index (χ1) is 54.5. The number of aryl methyl sites for hydroxylation is 4. The second-order valence-corrected chi connectivity index (χ2v) is 35.2. The highest BCUT2D eigenvalue weighted by Crippen LogP contribution is 2.34. The van der Waals surface area contributed by atoms with Crippen molar-refractivity contribution < 1.29 is 0 Å². The van der Waals surface area contributed by atoms with Crippen LogP contribution in [0.15, 0.2) is 48.5 Å². The van der Waals surface area contributed by atoms with Crippen LogP contribution in [0.5, 0.6) is 0 Å². The number of hydrogen-bond acceptors (Lipinski definition) is 5. The minimum absolute atomic E-state index is 0.628. The van der Waals surface area contributed by atoms with Gasteiger partial charge in [0.15, 0.2) is 5.82 Å². The van der Waals surface area contributed by atoms with Crippen molar-refractivity contribution in [1.29, 1.82) is 0 Å². The van der Waals surface area contributed by atoms with Crippen LogP contribution in [-0.2, 0) is 38.5 Å². The molecule has 110 heavy (non-hydrogen) atoms. The van der Waals surface area contributed by atoms with E-state index < -0.39 is 0 Å². The van der Waals surface area contributed by atoms with E-state index in [-0.39, 0.29) is 0 Å². The summed E-state index contributed by atoms with van der Waals surface area (Å²) in [6.07, 6.45) is 107. The predicted molar refractivity (Wildman–Crippen MR) is 492 cm³/mol. The number of anilines is 4. The Morgan fingerprint density at radius 3 is 0.573 bits per heavy atom. The normalized spacial score (nSPS) is 11.7. The summed E-state index contributed by atoms with van der Waals surface area (Å²) < 4.78 is 0. The Balaban J connectivity index is 1.70. The fraction of sp³-hybridized carbons (Fsp3) is 0.800. The van der Waals surface area contributed by atoms with E-state index in [0.717, 1.165) is 42.6 Å². The van der Waals surface area contributed by atoms with Crippen molar-refractivity contribution in [2.45, 2.75) is 542 Å². The highest BCUT2D eigenvalue weighted by Gasteiger charge is 2.18. The Kier molecular flexibility index (Phi) is 66.5. The molecular formula is C105H184N5. The first-order valence-electron chi connectivity index (χ1n) is 50.1. The van der Waals surface area contributed by atoms with Gasteiger partial charge in [-0.15, -0.1) is 0 Å². The smallest absolute Gasteiger partial charge is 0.232 e. The first kappa shape index (κ1) is 98.6. The van der Waals surface area contributed by atoms with Gasteiger partial charge in [-0.1, -0.05) is 490 Å². The van der Waals surface area contributed by atoms with Gasteiger partial charge in [0.25, 0.3) is 0 Å². The third-order valence-corrected chi connectivity index (χ3v) is 24.8. The maximum Gasteiger partial charge on any atom is 0.232 e. The molecular weight excluding hydrogens is 1330 g/mol. The average Bonchev–Trinajstić information content (AvgIpc) is 0.800. The molecule has 0 aliphatic carbocycles. The molecule has 4 aromatic rings. The number of unbranched alkanes of at least 4 members (excludes halogenated alkanes) is 66. The van der Waals surface area contributed by atoms with Crippen LogP contribution in [0, 0.1) is 6.07 Å². The molecule has 0 aliphatic rings. The Morgan fingerprint density at radius 1 is 0.209 bits per heavy atom. The molecule has 0 spiro atoms. The quantitative estimate of drug-likeness (QED) is 0.0431. The monoisotopic (exact) mass is 1520 g/mol. The second kappa shape index (κ2) is 74.1. The fourth-order valence-corrected chi connectivity index (χ4v) is 17.6. The largest absolute Gasteiger partial charge is 0.324 e. The van der Waals surface area contributed by atoms with Crippen molar-refractivity contribution in [1.82, 2.24) is 15.0 Å². The van der Waals surface area contributed by atoms with E-state index in [4.69, 9.17) is 15.0 Å². The van der Waals surface area contributed by atoms with Crippen LogP contribution in [0.2, 0.25) is 0 Å². The lowest BCUT2D eigenvalue weighted by Crippen LogP contribution is -2.09. The van der Waals surface area contributed by atoms with Crippen LogP contribution in [0.25, 0.3) is 11.4 Å². The summed E-state index contributed by atoms with van der Waals surface area (Å²) >= 11 is 0. The number of nitrogens with zero attached hydrogens (tertiary/aromatic N) is 3. The maximum atomic E-state index is 5.43. The number of rotatable bonds is 83. The van der Waals surface area contributed by atoms with E-state index in [2.05, 4.69) is 94.6 Å². The van der Waals surface area contributed by atoms with Gasteiger partial charge in [-0.2, -0.15) is 15.0 Å². The lowest BCUT2D eigenvalue weighted by molar-refractivity contribution is 0.540. The number of aromatic nitrogens is 3. The summed E-state index contributed by atoms with van der Waals surface area (Å²) in [6, 6.07) is 21.8. The highest BCUT2D eigenvalue weighted by molar-refractivity contribution is 5.66. The fourth-order valence-electron chi connectivity index (χ4n) is 17.6. The summed E-state index contributed by atoms with van der Waals surface area (Å²) in [4.78, 5) is 16.1. The van der Waals surface area contributed by atoms with Gasteiger partial charge >= 0.3 is 0 Å².